The summed E-state index contributed by atoms with van der Waals surface area (Å²) in [6.45, 7) is 0.507. The molecule has 5 nitrogen and oxygen atoms in total. The van der Waals surface area contributed by atoms with Crippen LogP contribution in [0.15, 0.2) is 47.1 Å². The van der Waals surface area contributed by atoms with Crippen molar-refractivity contribution < 1.29 is 4.79 Å². The van der Waals surface area contributed by atoms with Crippen molar-refractivity contribution in [1.29, 1.82) is 0 Å². The lowest BCUT2D eigenvalue weighted by Crippen LogP contribution is -2.26. The van der Waals surface area contributed by atoms with Gasteiger partial charge >= 0.3 is 0 Å². The zero-order chi connectivity index (χ0) is 14.7. The fraction of sp³-hybridized carbons (Fsp3) is 0.133. The average Bonchev–Trinajstić information content (AvgIpc) is 2.89. The second-order valence-electron chi connectivity index (χ2n) is 4.55. The van der Waals surface area contributed by atoms with Gasteiger partial charge in [-0.2, -0.15) is 0 Å². The molecule has 0 bridgehead atoms. The highest BCUT2D eigenvalue weighted by molar-refractivity contribution is 9.10. The first-order chi connectivity index (χ1) is 10.2. The Labute approximate surface area is 129 Å². The standard InChI is InChI=1S/C15H13BrN4O/c16-13-7-3-6-12(18-13)15(21)17-9-8-14-19-10-4-1-2-5-11(10)20-14/h1-7H,8-9H2,(H,17,21)(H,19,20). The Bertz CT molecular complexity index is 751. The van der Waals surface area contributed by atoms with Gasteiger partial charge in [-0.05, 0) is 40.2 Å². The van der Waals surface area contributed by atoms with Crippen molar-refractivity contribution in [2.45, 2.75) is 6.42 Å². The van der Waals surface area contributed by atoms with Crippen LogP contribution in [-0.2, 0) is 6.42 Å². The maximum absolute atomic E-state index is 11.9. The summed E-state index contributed by atoms with van der Waals surface area (Å²) in [5.41, 5.74) is 2.34. The molecule has 0 aliphatic rings. The molecular formula is C15H13BrN4O. The Balaban J connectivity index is 1.59. The minimum absolute atomic E-state index is 0.188. The third-order valence-electron chi connectivity index (χ3n) is 3.03. The van der Waals surface area contributed by atoms with E-state index in [1.54, 1.807) is 18.2 Å². The molecule has 106 valence electrons. The first kappa shape index (κ1) is 13.8. The van der Waals surface area contributed by atoms with E-state index in [1.807, 2.05) is 24.3 Å². The predicted octanol–water partition coefficient (Wildman–Crippen LogP) is 2.69. The number of nitrogens with one attached hydrogen (secondary N) is 2. The van der Waals surface area contributed by atoms with Crippen molar-refractivity contribution >= 4 is 32.9 Å². The number of imidazole rings is 1. The van der Waals surface area contributed by atoms with E-state index in [2.05, 4.69) is 36.2 Å². The van der Waals surface area contributed by atoms with Crippen LogP contribution in [0.5, 0.6) is 0 Å². The van der Waals surface area contributed by atoms with Gasteiger partial charge in [0.05, 0.1) is 11.0 Å². The second-order valence-corrected chi connectivity index (χ2v) is 5.36. The third-order valence-corrected chi connectivity index (χ3v) is 3.48. The van der Waals surface area contributed by atoms with Gasteiger partial charge in [-0.1, -0.05) is 18.2 Å². The van der Waals surface area contributed by atoms with Gasteiger partial charge in [0.2, 0.25) is 0 Å². The number of fused-ring (bicyclic) bond motifs is 1. The summed E-state index contributed by atoms with van der Waals surface area (Å²) in [6.07, 6.45) is 0.647. The van der Waals surface area contributed by atoms with Crippen LogP contribution in [0.3, 0.4) is 0 Å². The van der Waals surface area contributed by atoms with Gasteiger partial charge in [0.15, 0.2) is 0 Å². The van der Waals surface area contributed by atoms with E-state index in [0.717, 1.165) is 16.9 Å². The first-order valence-electron chi connectivity index (χ1n) is 6.57. The quantitative estimate of drug-likeness (QED) is 0.715. The number of hydrogen-bond donors (Lipinski definition) is 2. The first-order valence-corrected chi connectivity index (χ1v) is 7.36. The van der Waals surface area contributed by atoms with E-state index >= 15 is 0 Å². The van der Waals surface area contributed by atoms with Gasteiger partial charge in [0.1, 0.15) is 16.1 Å². The highest BCUT2D eigenvalue weighted by atomic mass is 79.9. The van der Waals surface area contributed by atoms with Gasteiger partial charge in [-0.15, -0.1) is 0 Å². The lowest BCUT2D eigenvalue weighted by molar-refractivity contribution is 0.0949. The van der Waals surface area contributed by atoms with Crippen LogP contribution in [0.4, 0.5) is 0 Å². The molecule has 6 heteroatoms. The molecule has 0 radical (unpaired) electrons. The van der Waals surface area contributed by atoms with Crippen molar-refractivity contribution in [1.82, 2.24) is 20.3 Å². The van der Waals surface area contributed by atoms with Crippen LogP contribution in [0.25, 0.3) is 11.0 Å². The number of benzene rings is 1. The van der Waals surface area contributed by atoms with Gasteiger partial charge in [0.25, 0.3) is 5.91 Å². The van der Waals surface area contributed by atoms with E-state index < -0.39 is 0 Å². The van der Waals surface area contributed by atoms with Crippen LogP contribution in [0, 0.1) is 0 Å². The number of rotatable bonds is 4. The topological polar surface area (TPSA) is 70.7 Å². The molecule has 0 saturated carbocycles. The molecule has 0 aliphatic carbocycles. The van der Waals surface area contributed by atoms with Crippen molar-refractivity contribution in [2.24, 2.45) is 0 Å². The lowest BCUT2D eigenvalue weighted by atomic mass is 10.3. The Kier molecular flexibility index (Phi) is 3.96. The average molecular weight is 345 g/mol. The monoisotopic (exact) mass is 344 g/mol. The van der Waals surface area contributed by atoms with E-state index in [9.17, 15) is 4.79 Å². The highest BCUT2D eigenvalue weighted by Gasteiger charge is 2.07. The summed E-state index contributed by atoms with van der Waals surface area (Å²) in [5, 5.41) is 2.84. The number of carbonyl (C=O) groups is 1. The Morgan fingerprint density at radius 1 is 1.14 bits per heavy atom. The molecule has 0 spiro atoms. The zero-order valence-electron chi connectivity index (χ0n) is 11.1. The van der Waals surface area contributed by atoms with E-state index in [-0.39, 0.29) is 5.91 Å². The molecule has 0 atom stereocenters. The molecular weight excluding hydrogens is 332 g/mol. The molecule has 2 N–H and O–H groups in total. The molecule has 21 heavy (non-hydrogen) atoms. The minimum atomic E-state index is -0.188. The normalized spacial score (nSPS) is 10.7. The smallest absolute Gasteiger partial charge is 0.269 e. The number of carbonyl (C=O) groups excluding carboxylic acids is 1. The molecule has 1 aromatic carbocycles. The number of aromatic nitrogens is 3. The molecule has 0 fully saturated rings. The Hall–Kier alpha value is -2.21. The van der Waals surface area contributed by atoms with E-state index in [4.69, 9.17) is 0 Å². The van der Waals surface area contributed by atoms with Crippen molar-refractivity contribution in [2.75, 3.05) is 6.54 Å². The number of pyridine rings is 1. The Morgan fingerprint density at radius 3 is 2.81 bits per heavy atom. The fourth-order valence-corrected chi connectivity index (χ4v) is 2.39. The molecule has 3 rings (SSSR count). The number of nitrogens with zero attached hydrogens (tertiary/aromatic N) is 2. The van der Waals surface area contributed by atoms with Gasteiger partial charge in [0, 0.05) is 13.0 Å². The van der Waals surface area contributed by atoms with Gasteiger partial charge in [-0.25, -0.2) is 9.97 Å². The SMILES string of the molecule is O=C(NCCc1nc2ccccc2[nH]1)c1cccc(Br)n1. The number of amides is 1. The Morgan fingerprint density at radius 2 is 2.00 bits per heavy atom. The van der Waals surface area contributed by atoms with Crippen LogP contribution in [0.2, 0.25) is 0 Å². The molecule has 0 unspecified atom stereocenters. The van der Waals surface area contributed by atoms with Crippen molar-refractivity contribution in [3.8, 4) is 0 Å². The number of halogens is 1. The van der Waals surface area contributed by atoms with Crippen LogP contribution in [-0.4, -0.2) is 27.4 Å². The lowest BCUT2D eigenvalue weighted by Gasteiger charge is -2.03. The fourth-order valence-electron chi connectivity index (χ4n) is 2.04. The number of H-pyrrole nitrogens is 1. The summed E-state index contributed by atoms with van der Waals surface area (Å²) in [5.74, 6) is 0.672. The minimum Gasteiger partial charge on any atom is -0.350 e. The molecule has 2 aromatic heterocycles. The van der Waals surface area contributed by atoms with Crippen LogP contribution in [0.1, 0.15) is 16.3 Å². The van der Waals surface area contributed by atoms with Gasteiger partial charge < -0.3 is 10.3 Å². The molecule has 3 aromatic rings. The number of hydrogen-bond acceptors (Lipinski definition) is 3. The van der Waals surface area contributed by atoms with E-state index in [1.165, 1.54) is 0 Å². The summed E-state index contributed by atoms with van der Waals surface area (Å²) in [4.78, 5) is 23.7. The van der Waals surface area contributed by atoms with E-state index in [0.29, 0.717) is 23.3 Å². The summed E-state index contributed by atoms with van der Waals surface area (Å²) in [7, 11) is 0. The number of aromatic amines is 1. The largest absolute Gasteiger partial charge is 0.350 e. The zero-order valence-corrected chi connectivity index (χ0v) is 12.7. The third kappa shape index (κ3) is 3.28. The molecule has 1 amide bonds. The molecule has 0 aliphatic heterocycles. The van der Waals surface area contributed by atoms with Crippen LogP contribution < -0.4 is 5.32 Å². The maximum atomic E-state index is 11.9. The van der Waals surface area contributed by atoms with Crippen LogP contribution >= 0.6 is 15.9 Å². The summed E-state index contributed by atoms with van der Waals surface area (Å²) < 4.78 is 0.646. The predicted molar refractivity (Wildman–Crippen MR) is 84.1 cm³/mol. The highest BCUT2D eigenvalue weighted by Crippen LogP contribution is 2.10. The summed E-state index contributed by atoms with van der Waals surface area (Å²) >= 11 is 3.25. The van der Waals surface area contributed by atoms with Gasteiger partial charge in [-0.3, -0.25) is 4.79 Å². The molecule has 2 heterocycles. The van der Waals surface area contributed by atoms with Crippen molar-refractivity contribution in [3.05, 3.63) is 58.6 Å². The summed E-state index contributed by atoms with van der Waals surface area (Å²) in [6, 6.07) is 13.1. The maximum Gasteiger partial charge on any atom is 0.269 e. The van der Waals surface area contributed by atoms with Crippen molar-refractivity contribution in [3.63, 3.8) is 0 Å². The number of para-hydroxylation sites is 2. The molecule has 0 saturated heterocycles. The second kappa shape index (κ2) is 6.05.